The van der Waals surface area contributed by atoms with Gasteiger partial charge in [0.1, 0.15) is 6.29 Å². The molecule has 2 heteroatoms. The van der Waals surface area contributed by atoms with Gasteiger partial charge in [0.2, 0.25) is 0 Å². The Bertz CT molecular complexity index is 296. The summed E-state index contributed by atoms with van der Waals surface area (Å²) in [5.74, 6) is 0. The molecule has 0 fully saturated rings. The summed E-state index contributed by atoms with van der Waals surface area (Å²) in [5.41, 5.74) is 2.69. The van der Waals surface area contributed by atoms with Gasteiger partial charge in [-0.3, -0.25) is 4.90 Å². The van der Waals surface area contributed by atoms with Gasteiger partial charge < -0.3 is 4.79 Å². The van der Waals surface area contributed by atoms with Crippen LogP contribution in [0.1, 0.15) is 11.1 Å². The standard InChI is InChI=1S/C12H17NO/c1-11-5-3-4-6-12(11)7-8-13(2)9-10-14/h3-6,10H,7-9H2,1-2H3. The van der Waals surface area contributed by atoms with Crippen LogP contribution in [0.3, 0.4) is 0 Å². The molecule has 2 nitrogen and oxygen atoms in total. The quantitative estimate of drug-likeness (QED) is 0.660. The SMILES string of the molecule is Cc1ccccc1CCN(C)CC=O. The van der Waals surface area contributed by atoms with Crippen molar-refractivity contribution in [1.82, 2.24) is 4.90 Å². The molecule has 0 N–H and O–H groups in total. The molecule has 0 saturated heterocycles. The van der Waals surface area contributed by atoms with Crippen molar-refractivity contribution in [3.8, 4) is 0 Å². The van der Waals surface area contributed by atoms with Crippen LogP contribution in [-0.4, -0.2) is 31.3 Å². The molecule has 0 aliphatic carbocycles. The van der Waals surface area contributed by atoms with Gasteiger partial charge in [0.15, 0.2) is 0 Å². The predicted octanol–water partition coefficient (Wildman–Crippen LogP) is 1.67. The summed E-state index contributed by atoms with van der Waals surface area (Å²) in [5, 5.41) is 0. The molecule has 76 valence electrons. The van der Waals surface area contributed by atoms with Crippen LogP contribution in [0, 0.1) is 6.92 Å². The Labute approximate surface area is 85.5 Å². The zero-order valence-corrected chi connectivity index (χ0v) is 8.86. The molecule has 0 spiro atoms. The number of aldehydes is 1. The van der Waals surface area contributed by atoms with E-state index in [4.69, 9.17) is 0 Å². The molecule has 0 unspecified atom stereocenters. The first-order valence-corrected chi connectivity index (χ1v) is 4.90. The minimum atomic E-state index is 0.520. The van der Waals surface area contributed by atoms with Gasteiger partial charge in [-0.05, 0) is 31.5 Å². The molecule has 0 saturated carbocycles. The smallest absolute Gasteiger partial charge is 0.133 e. The Morgan fingerprint density at radius 3 is 2.71 bits per heavy atom. The normalized spacial score (nSPS) is 10.5. The molecule has 0 atom stereocenters. The van der Waals surface area contributed by atoms with Crippen LogP contribution < -0.4 is 0 Å². The van der Waals surface area contributed by atoms with E-state index in [-0.39, 0.29) is 0 Å². The molecule has 0 aliphatic heterocycles. The van der Waals surface area contributed by atoms with Crippen LogP contribution in [0.4, 0.5) is 0 Å². The number of hydrogen-bond donors (Lipinski definition) is 0. The maximum Gasteiger partial charge on any atom is 0.133 e. The third-order valence-electron chi connectivity index (χ3n) is 2.41. The summed E-state index contributed by atoms with van der Waals surface area (Å²) in [6.07, 6.45) is 1.95. The molecule has 0 bridgehead atoms. The molecule has 0 heterocycles. The Hall–Kier alpha value is -1.15. The number of likely N-dealkylation sites (N-methyl/N-ethyl adjacent to an activating group) is 1. The highest BCUT2D eigenvalue weighted by Gasteiger charge is 2.00. The molecule has 14 heavy (non-hydrogen) atoms. The van der Waals surface area contributed by atoms with Crippen LogP contribution >= 0.6 is 0 Å². The van der Waals surface area contributed by atoms with E-state index in [1.165, 1.54) is 11.1 Å². The minimum absolute atomic E-state index is 0.520. The molecular weight excluding hydrogens is 174 g/mol. The fourth-order valence-electron chi connectivity index (χ4n) is 1.42. The molecule has 1 rings (SSSR count). The Morgan fingerprint density at radius 1 is 1.36 bits per heavy atom. The summed E-state index contributed by atoms with van der Waals surface area (Å²) in [6.45, 7) is 3.57. The predicted molar refractivity (Wildman–Crippen MR) is 58.4 cm³/mol. The van der Waals surface area contributed by atoms with Gasteiger partial charge in [-0.2, -0.15) is 0 Å². The van der Waals surface area contributed by atoms with Crippen molar-refractivity contribution < 1.29 is 4.79 Å². The summed E-state index contributed by atoms with van der Waals surface area (Å²) in [6, 6.07) is 8.37. The van der Waals surface area contributed by atoms with Gasteiger partial charge in [0, 0.05) is 6.54 Å². The Balaban J connectivity index is 2.45. The number of carbonyl (C=O) groups excluding carboxylic acids is 1. The van der Waals surface area contributed by atoms with E-state index in [1.807, 2.05) is 18.0 Å². The van der Waals surface area contributed by atoms with Crippen LogP contribution in [0.25, 0.3) is 0 Å². The van der Waals surface area contributed by atoms with E-state index < -0.39 is 0 Å². The highest BCUT2D eigenvalue weighted by atomic mass is 16.1. The lowest BCUT2D eigenvalue weighted by Gasteiger charge is -2.13. The highest BCUT2D eigenvalue weighted by molar-refractivity contribution is 5.51. The Morgan fingerprint density at radius 2 is 2.07 bits per heavy atom. The first-order valence-electron chi connectivity index (χ1n) is 4.90. The topological polar surface area (TPSA) is 20.3 Å². The second kappa shape index (κ2) is 5.55. The van der Waals surface area contributed by atoms with Crippen molar-refractivity contribution in [3.05, 3.63) is 35.4 Å². The summed E-state index contributed by atoms with van der Waals surface area (Å²) < 4.78 is 0. The fourth-order valence-corrected chi connectivity index (χ4v) is 1.42. The second-order valence-electron chi connectivity index (χ2n) is 3.61. The van der Waals surface area contributed by atoms with E-state index in [0.717, 1.165) is 19.3 Å². The number of nitrogens with zero attached hydrogens (tertiary/aromatic N) is 1. The molecule has 0 amide bonds. The molecule has 0 radical (unpaired) electrons. The zero-order chi connectivity index (χ0) is 10.4. The summed E-state index contributed by atoms with van der Waals surface area (Å²) in [4.78, 5) is 12.3. The maximum absolute atomic E-state index is 10.3. The van der Waals surface area contributed by atoms with Gasteiger partial charge in [0.25, 0.3) is 0 Å². The van der Waals surface area contributed by atoms with E-state index in [0.29, 0.717) is 6.54 Å². The first kappa shape index (κ1) is 10.9. The van der Waals surface area contributed by atoms with Crippen LogP contribution in [0.2, 0.25) is 0 Å². The van der Waals surface area contributed by atoms with E-state index in [2.05, 4.69) is 25.1 Å². The summed E-state index contributed by atoms with van der Waals surface area (Å²) >= 11 is 0. The van der Waals surface area contributed by atoms with Crippen molar-refractivity contribution in [2.45, 2.75) is 13.3 Å². The lowest BCUT2D eigenvalue weighted by Crippen LogP contribution is -2.23. The van der Waals surface area contributed by atoms with Gasteiger partial charge in [-0.25, -0.2) is 0 Å². The summed E-state index contributed by atoms with van der Waals surface area (Å²) in [7, 11) is 1.96. The van der Waals surface area contributed by atoms with Crippen LogP contribution in [-0.2, 0) is 11.2 Å². The zero-order valence-electron chi connectivity index (χ0n) is 8.86. The molecule has 0 aliphatic rings. The van der Waals surface area contributed by atoms with Crippen LogP contribution in [0.15, 0.2) is 24.3 Å². The lowest BCUT2D eigenvalue weighted by atomic mass is 10.1. The van der Waals surface area contributed by atoms with E-state index in [9.17, 15) is 4.79 Å². The number of benzene rings is 1. The number of carbonyl (C=O) groups is 1. The third-order valence-corrected chi connectivity index (χ3v) is 2.41. The number of hydrogen-bond acceptors (Lipinski definition) is 2. The molecule has 0 aromatic heterocycles. The lowest BCUT2D eigenvalue weighted by molar-refractivity contribution is -0.108. The molecular formula is C12H17NO. The monoisotopic (exact) mass is 191 g/mol. The van der Waals surface area contributed by atoms with Crippen molar-refractivity contribution in [1.29, 1.82) is 0 Å². The fraction of sp³-hybridized carbons (Fsp3) is 0.417. The van der Waals surface area contributed by atoms with Gasteiger partial charge in [-0.15, -0.1) is 0 Å². The first-order chi connectivity index (χ1) is 6.74. The maximum atomic E-state index is 10.3. The van der Waals surface area contributed by atoms with Gasteiger partial charge in [0.05, 0.1) is 6.54 Å². The van der Waals surface area contributed by atoms with Crippen molar-refractivity contribution in [2.75, 3.05) is 20.1 Å². The molecule has 1 aromatic rings. The molecule has 1 aromatic carbocycles. The average Bonchev–Trinajstić information content (AvgIpc) is 2.17. The van der Waals surface area contributed by atoms with Crippen molar-refractivity contribution in [3.63, 3.8) is 0 Å². The minimum Gasteiger partial charge on any atom is -0.302 e. The average molecular weight is 191 g/mol. The van der Waals surface area contributed by atoms with E-state index >= 15 is 0 Å². The van der Waals surface area contributed by atoms with Crippen LogP contribution in [0.5, 0.6) is 0 Å². The third kappa shape index (κ3) is 3.30. The highest BCUT2D eigenvalue weighted by Crippen LogP contribution is 2.07. The second-order valence-corrected chi connectivity index (χ2v) is 3.61. The van der Waals surface area contributed by atoms with Crippen molar-refractivity contribution >= 4 is 6.29 Å². The largest absolute Gasteiger partial charge is 0.302 e. The van der Waals surface area contributed by atoms with Crippen molar-refractivity contribution in [2.24, 2.45) is 0 Å². The number of rotatable bonds is 5. The Kier molecular flexibility index (Phi) is 4.33. The van der Waals surface area contributed by atoms with Gasteiger partial charge >= 0.3 is 0 Å². The van der Waals surface area contributed by atoms with E-state index in [1.54, 1.807) is 0 Å². The van der Waals surface area contributed by atoms with Gasteiger partial charge in [-0.1, -0.05) is 24.3 Å². The number of aryl methyl sites for hydroxylation is 1.